The van der Waals surface area contributed by atoms with E-state index in [1.54, 1.807) is 18.2 Å². The number of methoxy groups -OCH3 is 2. The number of esters is 1. The van der Waals surface area contributed by atoms with E-state index in [2.05, 4.69) is 10.5 Å². The Labute approximate surface area is 181 Å². The zero-order valence-corrected chi connectivity index (χ0v) is 17.6. The summed E-state index contributed by atoms with van der Waals surface area (Å²) in [4.78, 5) is 24.9. The summed E-state index contributed by atoms with van der Waals surface area (Å²) < 4.78 is 34.7. The summed E-state index contributed by atoms with van der Waals surface area (Å²) in [6.45, 7) is 0.854. The molecule has 0 fully saturated rings. The van der Waals surface area contributed by atoms with E-state index < -0.39 is 24.3 Å². The lowest BCUT2D eigenvalue weighted by Gasteiger charge is -2.12. The summed E-state index contributed by atoms with van der Waals surface area (Å²) in [5, 5.41) is 6.36. The van der Waals surface area contributed by atoms with Gasteiger partial charge in [-0.2, -0.15) is 0 Å². The molecule has 1 aromatic heterocycles. The van der Waals surface area contributed by atoms with Gasteiger partial charge in [0.1, 0.15) is 34.3 Å². The number of carbonyl (C=O) groups is 2. The number of aromatic nitrogens is 1. The summed E-state index contributed by atoms with van der Waals surface area (Å²) in [6, 6.07) is 8.86. The van der Waals surface area contributed by atoms with Crippen LogP contribution >= 0.6 is 11.6 Å². The van der Waals surface area contributed by atoms with Gasteiger partial charge in [-0.1, -0.05) is 22.8 Å². The van der Waals surface area contributed by atoms with E-state index in [0.717, 1.165) is 0 Å². The van der Waals surface area contributed by atoms with Crippen LogP contribution in [0.4, 0.5) is 10.1 Å². The molecule has 0 aliphatic rings. The maximum absolute atomic E-state index is 14.3. The van der Waals surface area contributed by atoms with Crippen LogP contribution in [0.2, 0.25) is 5.02 Å². The minimum atomic E-state index is -0.912. The van der Waals surface area contributed by atoms with Crippen molar-refractivity contribution in [2.75, 3.05) is 26.1 Å². The largest absolute Gasteiger partial charge is 0.497 e. The minimum absolute atomic E-state index is 0.0479. The number of hydrogen-bond donors (Lipinski definition) is 1. The Hall–Kier alpha value is -3.59. The third-order valence-electron chi connectivity index (χ3n) is 4.28. The number of rotatable bonds is 7. The minimum Gasteiger partial charge on any atom is -0.497 e. The lowest BCUT2D eigenvalue weighted by atomic mass is 10.1. The van der Waals surface area contributed by atoms with Gasteiger partial charge in [0, 0.05) is 6.07 Å². The Balaban J connectivity index is 1.74. The van der Waals surface area contributed by atoms with Crippen molar-refractivity contribution in [2.45, 2.75) is 6.92 Å². The van der Waals surface area contributed by atoms with E-state index in [-0.39, 0.29) is 27.6 Å². The molecule has 3 aromatic rings. The molecule has 0 aliphatic carbocycles. The predicted octanol–water partition coefficient (Wildman–Crippen LogP) is 4.26. The molecule has 2 aromatic carbocycles. The number of nitrogens with one attached hydrogen (secondary N) is 1. The fraction of sp³-hybridized carbons (Fsp3) is 0.190. The molecule has 10 heteroatoms. The second-order valence-corrected chi connectivity index (χ2v) is 6.66. The van der Waals surface area contributed by atoms with Gasteiger partial charge in [0.15, 0.2) is 6.61 Å². The van der Waals surface area contributed by atoms with Gasteiger partial charge in [0.2, 0.25) is 0 Å². The van der Waals surface area contributed by atoms with Gasteiger partial charge < -0.3 is 24.1 Å². The van der Waals surface area contributed by atoms with Crippen molar-refractivity contribution >= 4 is 29.2 Å². The fourth-order valence-corrected chi connectivity index (χ4v) is 3.05. The number of halogens is 2. The van der Waals surface area contributed by atoms with E-state index in [4.69, 9.17) is 30.3 Å². The third-order valence-corrected chi connectivity index (χ3v) is 4.60. The second-order valence-electron chi connectivity index (χ2n) is 6.25. The molecule has 0 saturated heterocycles. The molecule has 8 nitrogen and oxygen atoms in total. The molecule has 0 radical (unpaired) electrons. The van der Waals surface area contributed by atoms with Crippen molar-refractivity contribution in [1.29, 1.82) is 0 Å². The SMILES string of the molecule is COc1ccc(NC(=O)COC(=O)c2c(-c3c(F)cccc3Cl)noc2C)c(OC)c1. The number of anilines is 1. The Morgan fingerprint density at radius 3 is 2.65 bits per heavy atom. The normalized spacial score (nSPS) is 10.5. The molecule has 0 saturated carbocycles. The van der Waals surface area contributed by atoms with Crippen molar-refractivity contribution < 1.29 is 32.7 Å². The molecule has 0 bridgehead atoms. The first-order valence-corrected chi connectivity index (χ1v) is 9.33. The van der Waals surface area contributed by atoms with E-state index in [1.807, 2.05) is 0 Å². The molecule has 3 rings (SSSR count). The topological polar surface area (TPSA) is 99.9 Å². The van der Waals surface area contributed by atoms with Crippen LogP contribution < -0.4 is 14.8 Å². The summed E-state index contributed by atoms with van der Waals surface area (Å²) in [5.74, 6) is -1.20. The molecule has 1 amide bonds. The average Bonchev–Trinajstić information content (AvgIpc) is 3.13. The molecule has 162 valence electrons. The van der Waals surface area contributed by atoms with E-state index in [9.17, 15) is 14.0 Å². The predicted molar refractivity (Wildman–Crippen MR) is 110 cm³/mol. The molecule has 0 atom stereocenters. The number of nitrogens with zero attached hydrogens (tertiary/aromatic N) is 1. The van der Waals surface area contributed by atoms with Crippen molar-refractivity contribution in [2.24, 2.45) is 0 Å². The van der Waals surface area contributed by atoms with Crippen LogP contribution in [0.3, 0.4) is 0 Å². The van der Waals surface area contributed by atoms with Crippen LogP contribution in [0, 0.1) is 12.7 Å². The van der Waals surface area contributed by atoms with Gasteiger partial charge in [0.25, 0.3) is 5.91 Å². The van der Waals surface area contributed by atoms with Gasteiger partial charge in [0.05, 0.1) is 30.5 Å². The van der Waals surface area contributed by atoms with Crippen LogP contribution in [-0.2, 0) is 9.53 Å². The Morgan fingerprint density at radius 2 is 1.97 bits per heavy atom. The first-order chi connectivity index (χ1) is 14.8. The number of hydrogen-bond acceptors (Lipinski definition) is 7. The van der Waals surface area contributed by atoms with Crippen LogP contribution in [0.15, 0.2) is 40.9 Å². The van der Waals surface area contributed by atoms with Crippen LogP contribution in [0.25, 0.3) is 11.3 Å². The fourth-order valence-electron chi connectivity index (χ4n) is 2.80. The Morgan fingerprint density at radius 1 is 1.19 bits per heavy atom. The van der Waals surface area contributed by atoms with E-state index in [1.165, 1.54) is 39.3 Å². The number of amides is 1. The van der Waals surface area contributed by atoms with Crippen molar-refractivity contribution in [1.82, 2.24) is 5.16 Å². The Kier molecular flexibility index (Phi) is 6.76. The second kappa shape index (κ2) is 9.48. The maximum atomic E-state index is 14.3. The van der Waals surface area contributed by atoms with Crippen LogP contribution in [0.1, 0.15) is 16.1 Å². The molecule has 1 heterocycles. The van der Waals surface area contributed by atoms with Gasteiger partial charge in [-0.05, 0) is 31.2 Å². The first-order valence-electron chi connectivity index (χ1n) is 8.95. The monoisotopic (exact) mass is 448 g/mol. The highest BCUT2D eigenvalue weighted by molar-refractivity contribution is 6.33. The molecule has 0 unspecified atom stereocenters. The van der Waals surface area contributed by atoms with Crippen LogP contribution in [-0.4, -0.2) is 37.9 Å². The van der Waals surface area contributed by atoms with Crippen molar-refractivity contribution in [3.05, 3.63) is 58.6 Å². The smallest absolute Gasteiger partial charge is 0.344 e. The zero-order chi connectivity index (χ0) is 22.5. The number of ether oxygens (including phenoxy) is 3. The molecular formula is C21H18ClFN2O6. The van der Waals surface area contributed by atoms with Gasteiger partial charge in [-0.3, -0.25) is 4.79 Å². The van der Waals surface area contributed by atoms with Gasteiger partial charge >= 0.3 is 5.97 Å². The zero-order valence-electron chi connectivity index (χ0n) is 16.8. The van der Waals surface area contributed by atoms with Crippen molar-refractivity contribution in [3.63, 3.8) is 0 Å². The molecule has 1 N–H and O–H groups in total. The van der Waals surface area contributed by atoms with Crippen molar-refractivity contribution in [3.8, 4) is 22.8 Å². The van der Waals surface area contributed by atoms with Crippen LogP contribution in [0.5, 0.6) is 11.5 Å². The summed E-state index contributed by atoms with van der Waals surface area (Å²) in [6.07, 6.45) is 0. The number of benzene rings is 2. The Bertz CT molecular complexity index is 1110. The molecule has 0 aliphatic heterocycles. The summed E-state index contributed by atoms with van der Waals surface area (Å²) >= 11 is 6.06. The third kappa shape index (κ3) is 4.77. The van der Waals surface area contributed by atoms with Gasteiger partial charge in [-0.25, -0.2) is 9.18 Å². The van der Waals surface area contributed by atoms with Gasteiger partial charge in [-0.15, -0.1) is 0 Å². The average molecular weight is 449 g/mol. The lowest BCUT2D eigenvalue weighted by Crippen LogP contribution is -2.21. The van der Waals surface area contributed by atoms with E-state index >= 15 is 0 Å². The summed E-state index contributed by atoms with van der Waals surface area (Å²) in [5.41, 5.74) is 0.0365. The number of aryl methyl sites for hydroxylation is 1. The highest BCUT2D eigenvalue weighted by Crippen LogP contribution is 2.34. The van der Waals surface area contributed by atoms with E-state index in [0.29, 0.717) is 17.2 Å². The molecule has 31 heavy (non-hydrogen) atoms. The molecular weight excluding hydrogens is 431 g/mol. The first kappa shape index (κ1) is 22.1. The maximum Gasteiger partial charge on any atom is 0.344 e. The summed E-state index contributed by atoms with van der Waals surface area (Å²) in [7, 11) is 2.94. The number of carbonyl (C=O) groups excluding carboxylic acids is 2. The lowest BCUT2D eigenvalue weighted by molar-refractivity contribution is -0.119. The quantitative estimate of drug-likeness (QED) is 0.539. The highest BCUT2D eigenvalue weighted by Gasteiger charge is 2.27. The highest BCUT2D eigenvalue weighted by atomic mass is 35.5. The molecule has 0 spiro atoms. The standard InChI is InChI=1S/C21H18ClFN2O6/c1-11-18(20(25-31-11)19-13(22)5-4-6-14(19)23)21(27)30-10-17(26)24-15-8-7-12(28-2)9-16(15)29-3/h4-9H,10H2,1-3H3,(H,24,26).